The normalized spacial score (nSPS) is 19.8. The summed E-state index contributed by atoms with van der Waals surface area (Å²) in [5.41, 5.74) is 1.57. The largest absolute Gasteiger partial charge is 0.348 e. The Morgan fingerprint density at radius 3 is 2.21 bits per heavy atom. The Kier molecular flexibility index (Phi) is 7.12. The van der Waals surface area contributed by atoms with E-state index in [1.54, 1.807) is 12.1 Å². The smallest absolute Gasteiger partial charge is 0.242 e. The third kappa shape index (κ3) is 4.85. The van der Waals surface area contributed by atoms with Gasteiger partial charge in [-0.05, 0) is 63.4 Å². The molecule has 9 heteroatoms. The van der Waals surface area contributed by atoms with Crippen molar-refractivity contribution < 1.29 is 18.0 Å². The third-order valence-electron chi connectivity index (χ3n) is 5.51. The molecule has 0 bridgehead atoms. The summed E-state index contributed by atoms with van der Waals surface area (Å²) >= 11 is 0. The minimum atomic E-state index is -3.54. The van der Waals surface area contributed by atoms with E-state index in [9.17, 15) is 18.0 Å². The van der Waals surface area contributed by atoms with Crippen molar-refractivity contribution in [3.63, 3.8) is 0 Å². The maximum atomic E-state index is 12.9. The number of carbonyl (C=O) groups is 2. The summed E-state index contributed by atoms with van der Waals surface area (Å²) in [5.74, 6) is -0.254. The number of halogens is 1. The van der Waals surface area contributed by atoms with Crippen molar-refractivity contribution in [2.45, 2.75) is 43.4 Å². The second-order valence-electron chi connectivity index (χ2n) is 7.60. The van der Waals surface area contributed by atoms with E-state index in [0.29, 0.717) is 13.1 Å². The first-order chi connectivity index (χ1) is 12.7. The zero-order valence-electron chi connectivity index (χ0n) is 16.2. The molecule has 1 unspecified atom stereocenters. The molecule has 7 nitrogen and oxygen atoms in total. The number of amides is 2. The Morgan fingerprint density at radius 1 is 1.14 bits per heavy atom. The number of piperidine rings is 1. The number of benzene rings is 1. The summed E-state index contributed by atoms with van der Waals surface area (Å²) in [4.78, 5) is 24.7. The van der Waals surface area contributed by atoms with Crippen LogP contribution < -0.4 is 16.0 Å². The van der Waals surface area contributed by atoms with Gasteiger partial charge in [0.2, 0.25) is 11.8 Å². The molecule has 3 N–H and O–H groups in total. The van der Waals surface area contributed by atoms with E-state index in [4.69, 9.17) is 0 Å². The number of sulfone groups is 1. The molecule has 1 saturated carbocycles. The Labute approximate surface area is 172 Å². The van der Waals surface area contributed by atoms with Gasteiger partial charge >= 0.3 is 0 Å². The van der Waals surface area contributed by atoms with E-state index in [1.165, 1.54) is 0 Å². The van der Waals surface area contributed by atoms with Gasteiger partial charge in [-0.15, -0.1) is 12.4 Å². The Morgan fingerprint density at radius 2 is 1.71 bits per heavy atom. The van der Waals surface area contributed by atoms with Gasteiger partial charge in [0.25, 0.3) is 0 Å². The van der Waals surface area contributed by atoms with Crippen LogP contribution in [0.3, 0.4) is 0 Å². The lowest BCUT2D eigenvalue weighted by Crippen LogP contribution is -2.57. The first-order valence-corrected chi connectivity index (χ1v) is 11.2. The van der Waals surface area contributed by atoms with Gasteiger partial charge in [0.1, 0.15) is 0 Å². The van der Waals surface area contributed by atoms with Crippen molar-refractivity contribution in [3.05, 3.63) is 29.8 Å². The SMILES string of the molecule is CC(NC(=O)C1(S(C)(=O)=O)CCNCC1)c1ccc(NC(=O)C2CC2)cc1.Cl. The van der Waals surface area contributed by atoms with Crippen LogP contribution in [0.25, 0.3) is 0 Å². The van der Waals surface area contributed by atoms with Crippen LogP contribution in [-0.2, 0) is 19.4 Å². The maximum Gasteiger partial charge on any atom is 0.242 e. The van der Waals surface area contributed by atoms with Crippen LogP contribution in [0.4, 0.5) is 5.69 Å². The van der Waals surface area contributed by atoms with Crippen molar-refractivity contribution in [2.24, 2.45) is 5.92 Å². The Hall–Kier alpha value is -1.64. The molecule has 1 aliphatic heterocycles. The van der Waals surface area contributed by atoms with Crippen molar-refractivity contribution >= 4 is 39.7 Å². The molecule has 0 spiro atoms. The van der Waals surface area contributed by atoms with Gasteiger partial charge < -0.3 is 16.0 Å². The highest BCUT2D eigenvalue weighted by Crippen LogP contribution is 2.31. The van der Waals surface area contributed by atoms with E-state index in [0.717, 1.165) is 30.3 Å². The predicted octanol–water partition coefficient (Wildman–Crippen LogP) is 1.80. The number of rotatable bonds is 6. The van der Waals surface area contributed by atoms with Crippen molar-refractivity contribution in [1.82, 2.24) is 10.6 Å². The van der Waals surface area contributed by atoms with E-state index in [-0.39, 0.29) is 43.1 Å². The van der Waals surface area contributed by atoms with Gasteiger partial charge in [0.05, 0.1) is 6.04 Å². The molecule has 2 fully saturated rings. The molecule has 1 aromatic rings. The third-order valence-corrected chi connectivity index (χ3v) is 7.52. The number of anilines is 1. The average molecular weight is 430 g/mol. The number of nitrogens with one attached hydrogen (secondary N) is 3. The highest BCUT2D eigenvalue weighted by molar-refractivity contribution is 7.92. The Balaban J connectivity index is 0.00000280. The summed E-state index contributed by atoms with van der Waals surface area (Å²) in [6.07, 6.45) is 3.59. The first kappa shape index (κ1) is 22.6. The van der Waals surface area contributed by atoms with E-state index in [1.807, 2.05) is 19.1 Å². The van der Waals surface area contributed by atoms with Crippen LogP contribution in [-0.4, -0.2) is 44.3 Å². The van der Waals surface area contributed by atoms with Crippen molar-refractivity contribution in [1.29, 1.82) is 0 Å². The molecule has 1 aromatic carbocycles. The van der Waals surface area contributed by atoms with Crippen LogP contribution in [0.5, 0.6) is 0 Å². The molecule has 1 aliphatic carbocycles. The first-order valence-electron chi connectivity index (χ1n) is 9.35. The van der Waals surface area contributed by atoms with Crippen LogP contribution >= 0.6 is 12.4 Å². The zero-order chi connectivity index (χ0) is 19.7. The topological polar surface area (TPSA) is 104 Å². The number of hydrogen-bond acceptors (Lipinski definition) is 5. The number of carbonyl (C=O) groups excluding carboxylic acids is 2. The molecule has 1 atom stereocenters. The Bertz CT molecular complexity index is 816. The van der Waals surface area contributed by atoms with Crippen molar-refractivity contribution in [2.75, 3.05) is 24.7 Å². The standard InChI is InChI=1S/C19H27N3O4S.ClH/c1-13(14-5-7-16(8-6-14)22-17(23)15-3-4-15)21-18(24)19(27(2,25)26)9-11-20-12-10-19;/h5-8,13,15,20H,3-4,9-12H2,1-2H3,(H,21,24)(H,22,23);1H. The summed E-state index contributed by atoms with van der Waals surface area (Å²) in [5, 5.41) is 8.85. The fraction of sp³-hybridized carbons (Fsp3) is 0.579. The monoisotopic (exact) mass is 429 g/mol. The molecule has 0 aromatic heterocycles. The second-order valence-corrected chi connectivity index (χ2v) is 9.92. The summed E-state index contributed by atoms with van der Waals surface area (Å²) in [6.45, 7) is 2.83. The van der Waals surface area contributed by atoms with Crippen LogP contribution in [0.1, 0.15) is 44.2 Å². The summed E-state index contributed by atoms with van der Waals surface area (Å²) in [7, 11) is -3.54. The zero-order valence-corrected chi connectivity index (χ0v) is 17.8. The molecular weight excluding hydrogens is 402 g/mol. The van der Waals surface area contributed by atoms with Crippen LogP contribution in [0.15, 0.2) is 24.3 Å². The van der Waals surface area contributed by atoms with Crippen LogP contribution in [0, 0.1) is 5.92 Å². The lowest BCUT2D eigenvalue weighted by atomic mass is 9.95. The molecule has 3 rings (SSSR count). The number of hydrogen-bond donors (Lipinski definition) is 3. The molecule has 0 radical (unpaired) electrons. The second kappa shape index (κ2) is 8.80. The summed E-state index contributed by atoms with van der Waals surface area (Å²) < 4.78 is 23.3. The molecule has 1 saturated heterocycles. The molecule has 2 aliphatic rings. The lowest BCUT2D eigenvalue weighted by Gasteiger charge is -2.35. The van der Waals surface area contributed by atoms with Crippen LogP contribution in [0.2, 0.25) is 0 Å². The minimum Gasteiger partial charge on any atom is -0.348 e. The summed E-state index contributed by atoms with van der Waals surface area (Å²) in [6, 6.07) is 6.94. The van der Waals surface area contributed by atoms with Gasteiger partial charge in [0.15, 0.2) is 14.6 Å². The predicted molar refractivity (Wildman–Crippen MR) is 111 cm³/mol. The van der Waals surface area contributed by atoms with E-state index >= 15 is 0 Å². The van der Waals surface area contributed by atoms with Gasteiger partial charge in [-0.25, -0.2) is 8.42 Å². The molecule has 28 heavy (non-hydrogen) atoms. The molecule has 156 valence electrons. The van der Waals surface area contributed by atoms with Gasteiger partial charge in [-0.3, -0.25) is 9.59 Å². The maximum absolute atomic E-state index is 12.9. The highest BCUT2D eigenvalue weighted by Gasteiger charge is 2.48. The van der Waals surface area contributed by atoms with E-state index in [2.05, 4.69) is 16.0 Å². The van der Waals surface area contributed by atoms with E-state index < -0.39 is 20.5 Å². The van der Waals surface area contributed by atoms with Crippen molar-refractivity contribution in [3.8, 4) is 0 Å². The van der Waals surface area contributed by atoms with Gasteiger partial charge in [-0.2, -0.15) is 0 Å². The molecule has 2 amide bonds. The average Bonchev–Trinajstić information content (AvgIpc) is 3.47. The lowest BCUT2D eigenvalue weighted by molar-refractivity contribution is -0.125. The molecule has 1 heterocycles. The fourth-order valence-electron chi connectivity index (χ4n) is 3.45. The highest BCUT2D eigenvalue weighted by atomic mass is 35.5. The van der Waals surface area contributed by atoms with Gasteiger partial charge in [-0.1, -0.05) is 12.1 Å². The quantitative estimate of drug-likeness (QED) is 0.639. The minimum absolute atomic E-state index is 0. The van der Waals surface area contributed by atoms with Gasteiger partial charge in [0, 0.05) is 17.9 Å². The molecular formula is C19H28ClN3O4S. The fourth-order valence-corrected chi connectivity index (χ4v) is 4.79.